The van der Waals surface area contributed by atoms with Crippen LogP contribution in [0.4, 0.5) is 0 Å². The van der Waals surface area contributed by atoms with Gasteiger partial charge in [-0.15, -0.1) is 0 Å². The van der Waals surface area contributed by atoms with Crippen LogP contribution in [0.25, 0.3) is 0 Å². The largest absolute Gasteiger partial charge is 0.345 e. The normalized spacial score (nSPS) is 33.6. The van der Waals surface area contributed by atoms with E-state index in [2.05, 4.69) is 11.8 Å². The predicted molar refractivity (Wildman–Crippen MR) is 56.0 cm³/mol. The molecule has 0 N–H and O–H groups in total. The SMILES string of the molecule is CCCN1CCC2(CCN(C)C2=O)C1. The molecule has 0 aromatic rings. The highest BCUT2D eigenvalue weighted by molar-refractivity contribution is 5.85. The van der Waals surface area contributed by atoms with Crippen LogP contribution in [-0.2, 0) is 4.79 Å². The van der Waals surface area contributed by atoms with Crippen LogP contribution in [0.5, 0.6) is 0 Å². The third-order valence-electron chi connectivity index (χ3n) is 3.70. The summed E-state index contributed by atoms with van der Waals surface area (Å²) in [6, 6.07) is 0. The van der Waals surface area contributed by atoms with E-state index in [1.54, 1.807) is 0 Å². The van der Waals surface area contributed by atoms with Gasteiger partial charge in [0.15, 0.2) is 0 Å². The standard InChI is InChI=1S/C11H20N2O/c1-3-6-13-8-5-11(9-13)4-7-12(2)10(11)14/h3-9H2,1-2H3. The van der Waals surface area contributed by atoms with Crippen LogP contribution in [0.1, 0.15) is 26.2 Å². The van der Waals surface area contributed by atoms with E-state index in [-0.39, 0.29) is 5.41 Å². The molecule has 3 nitrogen and oxygen atoms in total. The summed E-state index contributed by atoms with van der Waals surface area (Å²) < 4.78 is 0. The third kappa shape index (κ3) is 1.44. The average Bonchev–Trinajstić information content (AvgIpc) is 2.69. The number of carbonyl (C=O) groups is 1. The summed E-state index contributed by atoms with van der Waals surface area (Å²) in [6.07, 6.45) is 3.35. The van der Waals surface area contributed by atoms with Crippen LogP contribution >= 0.6 is 0 Å². The molecule has 2 aliphatic heterocycles. The topological polar surface area (TPSA) is 23.6 Å². The fraction of sp³-hybridized carbons (Fsp3) is 0.909. The molecule has 0 bridgehead atoms. The molecule has 0 aromatic carbocycles. The second kappa shape index (κ2) is 3.54. The lowest BCUT2D eigenvalue weighted by Gasteiger charge is -2.21. The van der Waals surface area contributed by atoms with Gasteiger partial charge >= 0.3 is 0 Å². The van der Waals surface area contributed by atoms with Crippen molar-refractivity contribution in [2.45, 2.75) is 26.2 Å². The van der Waals surface area contributed by atoms with Gasteiger partial charge in [0.05, 0.1) is 5.41 Å². The van der Waals surface area contributed by atoms with Crippen molar-refractivity contribution in [3.63, 3.8) is 0 Å². The maximum Gasteiger partial charge on any atom is 0.229 e. The first-order valence-corrected chi connectivity index (χ1v) is 5.66. The number of rotatable bonds is 2. The van der Waals surface area contributed by atoms with Gasteiger partial charge in [-0.2, -0.15) is 0 Å². The van der Waals surface area contributed by atoms with Crippen LogP contribution in [0, 0.1) is 5.41 Å². The molecule has 2 heterocycles. The highest BCUT2D eigenvalue weighted by atomic mass is 16.2. The molecule has 1 amide bonds. The van der Waals surface area contributed by atoms with Crippen molar-refractivity contribution in [1.82, 2.24) is 9.80 Å². The molecular weight excluding hydrogens is 176 g/mol. The van der Waals surface area contributed by atoms with Gasteiger partial charge in [0, 0.05) is 20.1 Å². The Morgan fingerprint density at radius 2 is 2.07 bits per heavy atom. The molecular formula is C11H20N2O. The summed E-state index contributed by atoms with van der Waals surface area (Å²) in [6.45, 7) is 6.43. The van der Waals surface area contributed by atoms with Crippen molar-refractivity contribution >= 4 is 5.91 Å². The fourth-order valence-corrected chi connectivity index (χ4v) is 2.84. The lowest BCUT2D eigenvalue weighted by Crippen LogP contribution is -2.35. The van der Waals surface area contributed by atoms with Crippen LogP contribution in [0.2, 0.25) is 0 Å². The fourth-order valence-electron chi connectivity index (χ4n) is 2.84. The lowest BCUT2D eigenvalue weighted by atomic mass is 9.86. The Hall–Kier alpha value is -0.570. The van der Waals surface area contributed by atoms with Gasteiger partial charge in [-0.05, 0) is 32.4 Å². The number of hydrogen-bond donors (Lipinski definition) is 0. The van der Waals surface area contributed by atoms with Gasteiger partial charge in [-0.25, -0.2) is 0 Å². The van der Waals surface area contributed by atoms with Crippen molar-refractivity contribution in [3.05, 3.63) is 0 Å². The minimum Gasteiger partial charge on any atom is -0.345 e. The minimum atomic E-state index is 0.00389. The maximum atomic E-state index is 12.0. The van der Waals surface area contributed by atoms with Crippen LogP contribution in [0.15, 0.2) is 0 Å². The molecule has 2 rings (SSSR count). The summed E-state index contributed by atoms with van der Waals surface area (Å²) in [5.41, 5.74) is 0.00389. The molecule has 0 aromatic heterocycles. The molecule has 0 saturated carbocycles. The first-order valence-electron chi connectivity index (χ1n) is 5.66. The highest BCUT2D eigenvalue weighted by Gasteiger charge is 2.49. The highest BCUT2D eigenvalue weighted by Crippen LogP contribution is 2.39. The van der Waals surface area contributed by atoms with Gasteiger partial charge in [-0.3, -0.25) is 4.79 Å². The Labute approximate surface area is 86.1 Å². The number of hydrogen-bond acceptors (Lipinski definition) is 2. The van der Waals surface area contributed by atoms with Crippen LogP contribution in [-0.4, -0.2) is 48.9 Å². The number of amides is 1. The van der Waals surface area contributed by atoms with E-state index >= 15 is 0 Å². The smallest absolute Gasteiger partial charge is 0.229 e. The average molecular weight is 196 g/mol. The molecule has 3 heteroatoms. The zero-order chi connectivity index (χ0) is 10.2. The lowest BCUT2D eigenvalue weighted by molar-refractivity contribution is -0.134. The van der Waals surface area contributed by atoms with Crippen molar-refractivity contribution in [2.24, 2.45) is 5.41 Å². The second-order valence-electron chi connectivity index (χ2n) is 4.78. The zero-order valence-corrected chi connectivity index (χ0v) is 9.25. The van der Waals surface area contributed by atoms with E-state index in [1.807, 2.05) is 11.9 Å². The number of carbonyl (C=O) groups excluding carboxylic acids is 1. The van der Waals surface area contributed by atoms with Crippen LogP contribution in [0.3, 0.4) is 0 Å². The first-order chi connectivity index (χ1) is 6.68. The number of nitrogens with zero attached hydrogens (tertiary/aromatic N) is 2. The molecule has 1 spiro atoms. The van der Waals surface area contributed by atoms with Gasteiger partial charge < -0.3 is 9.80 Å². The molecule has 0 aliphatic carbocycles. The van der Waals surface area contributed by atoms with Gasteiger partial charge in [-0.1, -0.05) is 6.92 Å². The Morgan fingerprint density at radius 1 is 1.36 bits per heavy atom. The van der Waals surface area contributed by atoms with Gasteiger partial charge in [0.1, 0.15) is 0 Å². The van der Waals surface area contributed by atoms with Gasteiger partial charge in [0.25, 0.3) is 0 Å². The Kier molecular flexibility index (Phi) is 2.52. The summed E-state index contributed by atoms with van der Waals surface area (Å²) in [5, 5.41) is 0. The van der Waals surface area contributed by atoms with Crippen molar-refractivity contribution in [2.75, 3.05) is 33.2 Å². The van der Waals surface area contributed by atoms with E-state index in [0.717, 1.165) is 39.0 Å². The van der Waals surface area contributed by atoms with E-state index in [4.69, 9.17) is 0 Å². The van der Waals surface area contributed by atoms with E-state index in [1.165, 1.54) is 6.42 Å². The second-order valence-corrected chi connectivity index (χ2v) is 4.78. The summed E-state index contributed by atoms with van der Waals surface area (Å²) in [5.74, 6) is 0.385. The third-order valence-corrected chi connectivity index (χ3v) is 3.70. The summed E-state index contributed by atoms with van der Waals surface area (Å²) in [4.78, 5) is 16.3. The van der Waals surface area contributed by atoms with Crippen LogP contribution < -0.4 is 0 Å². The molecule has 80 valence electrons. The molecule has 1 unspecified atom stereocenters. The Bertz CT molecular complexity index is 241. The maximum absolute atomic E-state index is 12.0. The van der Waals surface area contributed by atoms with E-state index < -0.39 is 0 Å². The molecule has 2 fully saturated rings. The molecule has 1 atom stereocenters. The van der Waals surface area contributed by atoms with Gasteiger partial charge in [0.2, 0.25) is 5.91 Å². The monoisotopic (exact) mass is 196 g/mol. The van der Waals surface area contributed by atoms with E-state index in [9.17, 15) is 4.79 Å². The first kappa shape index (κ1) is 9.97. The summed E-state index contributed by atoms with van der Waals surface area (Å²) in [7, 11) is 1.93. The quantitative estimate of drug-likeness (QED) is 0.656. The Balaban J connectivity index is 2.02. The molecule has 2 saturated heterocycles. The molecule has 2 aliphatic rings. The predicted octanol–water partition coefficient (Wildman–Crippen LogP) is 0.951. The number of likely N-dealkylation sites (tertiary alicyclic amines) is 2. The van der Waals surface area contributed by atoms with Crippen molar-refractivity contribution in [3.8, 4) is 0 Å². The van der Waals surface area contributed by atoms with Crippen molar-refractivity contribution in [1.29, 1.82) is 0 Å². The Morgan fingerprint density at radius 3 is 2.64 bits per heavy atom. The minimum absolute atomic E-state index is 0.00389. The molecule has 0 radical (unpaired) electrons. The zero-order valence-electron chi connectivity index (χ0n) is 9.25. The molecule has 14 heavy (non-hydrogen) atoms. The van der Waals surface area contributed by atoms with E-state index in [0.29, 0.717) is 5.91 Å². The van der Waals surface area contributed by atoms with Crippen molar-refractivity contribution < 1.29 is 4.79 Å². The summed E-state index contributed by atoms with van der Waals surface area (Å²) >= 11 is 0.